The Kier molecular flexibility index (Phi) is 3.89. The summed E-state index contributed by atoms with van der Waals surface area (Å²) >= 11 is 0. The molecule has 0 bridgehead atoms. The summed E-state index contributed by atoms with van der Waals surface area (Å²) < 4.78 is 5.93. The van der Waals surface area contributed by atoms with Crippen LogP contribution in [-0.4, -0.2) is 60.6 Å². The second-order valence-corrected chi connectivity index (χ2v) is 6.88. The van der Waals surface area contributed by atoms with E-state index in [2.05, 4.69) is 4.90 Å². The second-order valence-electron chi connectivity index (χ2n) is 6.88. The van der Waals surface area contributed by atoms with E-state index in [-0.39, 0.29) is 12.0 Å². The Labute approximate surface area is 132 Å². The molecule has 1 amide bonds. The molecule has 0 unspecified atom stereocenters. The van der Waals surface area contributed by atoms with Crippen molar-refractivity contribution >= 4 is 5.91 Å². The number of benzene rings is 1. The van der Waals surface area contributed by atoms with Crippen LogP contribution in [-0.2, 0) is 16.0 Å². The van der Waals surface area contributed by atoms with E-state index in [1.807, 2.05) is 35.2 Å². The fourth-order valence-corrected chi connectivity index (χ4v) is 3.70. The van der Waals surface area contributed by atoms with Gasteiger partial charge in [-0.2, -0.15) is 0 Å². The Hall–Kier alpha value is -1.39. The first-order valence-electron chi connectivity index (χ1n) is 8.47. The number of carbonyl (C=O) groups is 1. The molecule has 1 aromatic carbocycles. The lowest BCUT2D eigenvalue weighted by Crippen LogP contribution is -2.51. The lowest BCUT2D eigenvalue weighted by atomic mass is 10.1. The van der Waals surface area contributed by atoms with Crippen LogP contribution in [0.15, 0.2) is 30.3 Å². The number of likely N-dealkylation sites (tertiary alicyclic amines) is 1. The van der Waals surface area contributed by atoms with Crippen LogP contribution in [0.5, 0.6) is 0 Å². The number of carbonyl (C=O) groups excluding carboxylic acids is 1. The number of hydrogen-bond acceptors (Lipinski definition) is 3. The average molecular weight is 300 g/mol. The topological polar surface area (TPSA) is 32.8 Å². The van der Waals surface area contributed by atoms with E-state index in [1.165, 1.54) is 19.4 Å². The summed E-state index contributed by atoms with van der Waals surface area (Å²) in [5.74, 6) is 1.13. The van der Waals surface area contributed by atoms with Crippen LogP contribution in [0, 0.1) is 5.92 Å². The van der Waals surface area contributed by atoms with Crippen LogP contribution in [0.3, 0.4) is 0 Å². The van der Waals surface area contributed by atoms with Crippen LogP contribution in [0.1, 0.15) is 18.4 Å². The van der Waals surface area contributed by atoms with Gasteiger partial charge < -0.3 is 9.64 Å². The Balaban J connectivity index is 1.38. The molecule has 3 fully saturated rings. The molecule has 2 heterocycles. The Morgan fingerprint density at radius 3 is 2.77 bits per heavy atom. The van der Waals surface area contributed by atoms with E-state index in [1.54, 1.807) is 0 Å². The van der Waals surface area contributed by atoms with Crippen LogP contribution >= 0.6 is 0 Å². The van der Waals surface area contributed by atoms with Gasteiger partial charge in [0, 0.05) is 26.2 Å². The molecule has 4 heteroatoms. The molecular formula is C18H24N2O2. The normalized spacial score (nSPS) is 28.6. The fourth-order valence-electron chi connectivity index (χ4n) is 3.70. The van der Waals surface area contributed by atoms with E-state index < -0.39 is 0 Å². The molecule has 0 radical (unpaired) electrons. The monoisotopic (exact) mass is 300 g/mol. The van der Waals surface area contributed by atoms with E-state index in [0.717, 1.165) is 37.7 Å². The number of hydrogen-bond donors (Lipinski definition) is 0. The van der Waals surface area contributed by atoms with Gasteiger partial charge in [0.05, 0.1) is 25.2 Å². The summed E-state index contributed by atoms with van der Waals surface area (Å²) in [7, 11) is 0. The van der Waals surface area contributed by atoms with E-state index in [0.29, 0.717) is 12.5 Å². The van der Waals surface area contributed by atoms with E-state index in [4.69, 9.17) is 4.74 Å². The molecule has 4 nitrogen and oxygen atoms in total. The van der Waals surface area contributed by atoms with Gasteiger partial charge >= 0.3 is 0 Å². The number of morpholine rings is 1. The molecule has 1 saturated carbocycles. The highest BCUT2D eigenvalue weighted by Gasteiger charge is 2.42. The quantitative estimate of drug-likeness (QED) is 0.846. The Morgan fingerprint density at radius 1 is 1.18 bits per heavy atom. The molecule has 2 aliphatic heterocycles. The molecule has 1 aromatic rings. The average Bonchev–Trinajstić information content (AvgIpc) is 3.23. The van der Waals surface area contributed by atoms with Gasteiger partial charge in [0.1, 0.15) is 0 Å². The van der Waals surface area contributed by atoms with Gasteiger partial charge in [-0.25, -0.2) is 0 Å². The molecule has 118 valence electrons. The summed E-state index contributed by atoms with van der Waals surface area (Å²) in [5.41, 5.74) is 1.10. The third-order valence-corrected chi connectivity index (χ3v) is 5.16. The molecule has 2 atom stereocenters. The molecule has 0 aromatic heterocycles. The van der Waals surface area contributed by atoms with Gasteiger partial charge in [-0.1, -0.05) is 30.3 Å². The number of fused-ring (bicyclic) bond motifs is 1. The zero-order valence-electron chi connectivity index (χ0n) is 13.0. The Bertz CT molecular complexity index is 529. The van der Waals surface area contributed by atoms with Gasteiger partial charge in [0.25, 0.3) is 0 Å². The van der Waals surface area contributed by atoms with Gasteiger partial charge in [-0.3, -0.25) is 9.69 Å². The van der Waals surface area contributed by atoms with Crippen molar-refractivity contribution in [2.75, 3.05) is 32.8 Å². The van der Waals surface area contributed by atoms with Crippen molar-refractivity contribution in [1.29, 1.82) is 0 Å². The van der Waals surface area contributed by atoms with Gasteiger partial charge in [-0.15, -0.1) is 0 Å². The SMILES string of the molecule is O=C(Cc1ccccc1)N1C[C@@H]2OCCN(CC3CC3)[C@@H]2C1. The predicted octanol–water partition coefficient (Wildman–Crippen LogP) is 1.55. The highest BCUT2D eigenvalue weighted by Crippen LogP contribution is 2.33. The van der Waals surface area contributed by atoms with Crippen molar-refractivity contribution in [2.24, 2.45) is 5.92 Å². The molecule has 3 aliphatic rings. The molecule has 0 spiro atoms. The molecule has 1 aliphatic carbocycles. The minimum atomic E-state index is 0.215. The maximum Gasteiger partial charge on any atom is 0.227 e. The van der Waals surface area contributed by atoms with Crippen LogP contribution in [0.25, 0.3) is 0 Å². The van der Waals surface area contributed by atoms with Crippen LogP contribution in [0.2, 0.25) is 0 Å². The zero-order valence-corrected chi connectivity index (χ0v) is 13.0. The molecule has 22 heavy (non-hydrogen) atoms. The van der Waals surface area contributed by atoms with E-state index in [9.17, 15) is 4.79 Å². The molecule has 0 N–H and O–H groups in total. The maximum atomic E-state index is 12.6. The minimum absolute atomic E-state index is 0.215. The third-order valence-electron chi connectivity index (χ3n) is 5.16. The summed E-state index contributed by atoms with van der Waals surface area (Å²) in [5, 5.41) is 0. The van der Waals surface area contributed by atoms with Gasteiger partial charge in [-0.05, 0) is 24.3 Å². The minimum Gasteiger partial charge on any atom is -0.373 e. The van der Waals surface area contributed by atoms with Crippen molar-refractivity contribution in [2.45, 2.75) is 31.4 Å². The summed E-state index contributed by atoms with van der Waals surface area (Å²) in [6, 6.07) is 10.4. The number of rotatable bonds is 4. The zero-order chi connectivity index (χ0) is 14.9. The summed E-state index contributed by atoms with van der Waals surface area (Å²) in [4.78, 5) is 17.1. The first kappa shape index (κ1) is 14.2. The molecule has 4 rings (SSSR count). The lowest BCUT2D eigenvalue weighted by molar-refractivity contribution is -0.129. The lowest BCUT2D eigenvalue weighted by Gasteiger charge is -2.36. The van der Waals surface area contributed by atoms with Crippen LogP contribution < -0.4 is 0 Å². The van der Waals surface area contributed by atoms with Crippen molar-refractivity contribution in [3.8, 4) is 0 Å². The second kappa shape index (κ2) is 6.01. The highest BCUT2D eigenvalue weighted by atomic mass is 16.5. The molecular weight excluding hydrogens is 276 g/mol. The predicted molar refractivity (Wildman–Crippen MR) is 84.6 cm³/mol. The van der Waals surface area contributed by atoms with E-state index >= 15 is 0 Å². The van der Waals surface area contributed by atoms with Crippen LogP contribution in [0.4, 0.5) is 0 Å². The molecule has 2 saturated heterocycles. The van der Waals surface area contributed by atoms with Gasteiger partial charge in [0.2, 0.25) is 5.91 Å². The Morgan fingerprint density at radius 2 is 2.00 bits per heavy atom. The van der Waals surface area contributed by atoms with Crippen molar-refractivity contribution in [3.05, 3.63) is 35.9 Å². The smallest absolute Gasteiger partial charge is 0.227 e. The standard InChI is InChI=1S/C18H24N2O2/c21-18(10-14-4-2-1-3-5-14)20-12-16-17(13-20)22-9-8-19(16)11-15-6-7-15/h1-5,15-17H,6-13H2/t16-,17+/m1/s1. The summed E-state index contributed by atoms with van der Waals surface area (Å²) in [6.45, 7) is 4.64. The van der Waals surface area contributed by atoms with Crippen molar-refractivity contribution < 1.29 is 9.53 Å². The maximum absolute atomic E-state index is 12.6. The number of ether oxygens (including phenoxy) is 1. The first-order valence-corrected chi connectivity index (χ1v) is 8.47. The van der Waals surface area contributed by atoms with Gasteiger partial charge in [0.15, 0.2) is 0 Å². The third kappa shape index (κ3) is 3.03. The number of nitrogens with zero attached hydrogens (tertiary/aromatic N) is 2. The fraction of sp³-hybridized carbons (Fsp3) is 0.611. The van der Waals surface area contributed by atoms with Crippen molar-refractivity contribution in [1.82, 2.24) is 9.80 Å². The summed E-state index contributed by atoms with van der Waals surface area (Å²) in [6.07, 6.45) is 3.48. The largest absolute Gasteiger partial charge is 0.373 e. The number of amides is 1. The van der Waals surface area contributed by atoms with Crippen molar-refractivity contribution in [3.63, 3.8) is 0 Å². The highest BCUT2D eigenvalue weighted by molar-refractivity contribution is 5.79. The first-order chi connectivity index (χ1) is 10.8.